The highest BCUT2D eigenvalue weighted by molar-refractivity contribution is 6.31. The molecule has 0 fully saturated rings. The molecule has 0 spiro atoms. The number of amides is 1. The summed E-state index contributed by atoms with van der Waals surface area (Å²) in [5, 5.41) is 7.78. The molecule has 118 valence electrons. The molecule has 1 amide bonds. The lowest BCUT2D eigenvalue weighted by Crippen LogP contribution is -2.22. The van der Waals surface area contributed by atoms with Crippen molar-refractivity contribution < 1.29 is 9.53 Å². The SMILES string of the molecule is CCCCn1nc(C)c(/C=C/C(=O)NCCCOC)c1Cl. The quantitative estimate of drug-likeness (QED) is 0.563. The molecule has 0 aliphatic rings. The minimum absolute atomic E-state index is 0.136. The van der Waals surface area contributed by atoms with Crippen molar-refractivity contribution in [2.45, 2.75) is 39.7 Å². The van der Waals surface area contributed by atoms with E-state index in [2.05, 4.69) is 17.3 Å². The summed E-state index contributed by atoms with van der Waals surface area (Å²) in [6.45, 7) is 6.05. The summed E-state index contributed by atoms with van der Waals surface area (Å²) in [5.41, 5.74) is 1.64. The largest absolute Gasteiger partial charge is 0.385 e. The van der Waals surface area contributed by atoms with Gasteiger partial charge in [-0.05, 0) is 25.8 Å². The molecule has 1 N–H and O–H groups in total. The number of ether oxygens (including phenoxy) is 1. The van der Waals surface area contributed by atoms with E-state index in [4.69, 9.17) is 16.3 Å². The summed E-state index contributed by atoms with van der Waals surface area (Å²) in [5.74, 6) is -0.136. The Kier molecular flexibility index (Phi) is 8.08. The Morgan fingerprint density at radius 1 is 1.48 bits per heavy atom. The first-order valence-electron chi connectivity index (χ1n) is 7.27. The second-order valence-corrected chi connectivity index (χ2v) is 5.20. The van der Waals surface area contributed by atoms with Crippen LogP contribution in [-0.4, -0.2) is 35.9 Å². The summed E-state index contributed by atoms with van der Waals surface area (Å²) < 4.78 is 6.71. The Labute approximate surface area is 131 Å². The zero-order valence-corrected chi connectivity index (χ0v) is 13.7. The topological polar surface area (TPSA) is 56.2 Å². The van der Waals surface area contributed by atoms with Crippen LogP contribution in [0, 0.1) is 6.92 Å². The molecule has 0 aliphatic heterocycles. The molecule has 0 aliphatic carbocycles. The van der Waals surface area contributed by atoms with Gasteiger partial charge >= 0.3 is 0 Å². The molecule has 0 atom stereocenters. The van der Waals surface area contributed by atoms with Crippen LogP contribution in [0.3, 0.4) is 0 Å². The molecule has 0 unspecified atom stereocenters. The Morgan fingerprint density at radius 3 is 2.90 bits per heavy atom. The van der Waals surface area contributed by atoms with Crippen molar-refractivity contribution in [3.8, 4) is 0 Å². The van der Waals surface area contributed by atoms with Crippen molar-refractivity contribution in [3.05, 3.63) is 22.5 Å². The normalized spacial score (nSPS) is 11.2. The number of methoxy groups -OCH3 is 1. The van der Waals surface area contributed by atoms with Crippen LogP contribution in [0.15, 0.2) is 6.08 Å². The van der Waals surface area contributed by atoms with Gasteiger partial charge in [-0.1, -0.05) is 24.9 Å². The number of carbonyl (C=O) groups is 1. The summed E-state index contributed by atoms with van der Waals surface area (Å²) in [4.78, 5) is 11.7. The standard InChI is InChI=1S/C15H24ClN3O2/c1-4-5-10-19-15(16)13(12(2)18-19)7-8-14(20)17-9-6-11-21-3/h7-8H,4-6,9-11H2,1-3H3,(H,17,20)/b8-7+. The van der Waals surface area contributed by atoms with Crippen LogP contribution in [0.5, 0.6) is 0 Å². The third-order valence-corrected chi connectivity index (χ3v) is 3.46. The second kappa shape index (κ2) is 9.58. The van der Waals surface area contributed by atoms with E-state index in [0.29, 0.717) is 18.3 Å². The number of nitrogens with one attached hydrogen (secondary N) is 1. The van der Waals surface area contributed by atoms with Gasteiger partial charge in [0.05, 0.1) is 5.69 Å². The molecule has 6 heteroatoms. The molecular weight excluding hydrogens is 290 g/mol. The number of aryl methyl sites for hydroxylation is 2. The van der Waals surface area contributed by atoms with Gasteiger partial charge in [0.15, 0.2) is 0 Å². The third-order valence-electron chi connectivity index (χ3n) is 3.06. The highest BCUT2D eigenvalue weighted by Gasteiger charge is 2.10. The molecule has 0 radical (unpaired) electrons. The summed E-state index contributed by atoms with van der Waals surface area (Å²) in [7, 11) is 1.64. The van der Waals surface area contributed by atoms with Crippen molar-refractivity contribution in [1.29, 1.82) is 0 Å². The molecule has 21 heavy (non-hydrogen) atoms. The summed E-state index contributed by atoms with van der Waals surface area (Å²) in [6.07, 6.45) is 6.13. The van der Waals surface area contributed by atoms with E-state index >= 15 is 0 Å². The monoisotopic (exact) mass is 313 g/mol. The maximum atomic E-state index is 11.7. The van der Waals surface area contributed by atoms with Crippen molar-refractivity contribution in [2.75, 3.05) is 20.3 Å². The summed E-state index contributed by atoms with van der Waals surface area (Å²) >= 11 is 6.30. The molecule has 5 nitrogen and oxygen atoms in total. The van der Waals surface area contributed by atoms with Crippen LogP contribution in [-0.2, 0) is 16.1 Å². The molecule has 0 bridgehead atoms. The molecule has 0 saturated carbocycles. The minimum atomic E-state index is -0.136. The van der Waals surface area contributed by atoms with E-state index in [1.165, 1.54) is 6.08 Å². The molecule has 1 aromatic rings. The minimum Gasteiger partial charge on any atom is -0.385 e. The van der Waals surface area contributed by atoms with Crippen LogP contribution >= 0.6 is 11.6 Å². The van der Waals surface area contributed by atoms with Gasteiger partial charge in [0.1, 0.15) is 5.15 Å². The first-order chi connectivity index (χ1) is 10.1. The average Bonchev–Trinajstić information content (AvgIpc) is 2.73. The Hall–Kier alpha value is -1.33. The van der Waals surface area contributed by atoms with Gasteiger partial charge in [-0.2, -0.15) is 5.10 Å². The number of hydrogen-bond acceptors (Lipinski definition) is 3. The van der Waals surface area contributed by atoms with Gasteiger partial charge in [-0.3, -0.25) is 9.48 Å². The molecule has 0 aromatic carbocycles. The van der Waals surface area contributed by atoms with Crippen molar-refractivity contribution in [1.82, 2.24) is 15.1 Å². The first-order valence-corrected chi connectivity index (χ1v) is 7.65. The zero-order valence-electron chi connectivity index (χ0n) is 13.0. The average molecular weight is 314 g/mol. The predicted octanol–water partition coefficient (Wildman–Crippen LogP) is 2.81. The second-order valence-electron chi connectivity index (χ2n) is 4.84. The van der Waals surface area contributed by atoms with Crippen LogP contribution in [0.25, 0.3) is 6.08 Å². The number of halogens is 1. The Bertz CT molecular complexity index is 484. The molecule has 1 heterocycles. The predicted molar refractivity (Wildman–Crippen MR) is 85.4 cm³/mol. The number of rotatable bonds is 9. The lowest BCUT2D eigenvalue weighted by molar-refractivity contribution is -0.116. The third kappa shape index (κ3) is 5.89. The highest BCUT2D eigenvalue weighted by Crippen LogP contribution is 2.21. The van der Waals surface area contributed by atoms with Crippen LogP contribution in [0.4, 0.5) is 0 Å². The Balaban J connectivity index is 2.59. The van der Waals surface area contributed by atoms with E-state index in [0.717, 1.165) is 37.1 Å². The lowest BCUT2D eigenvalue weighted by Gasteiger charge is -2.01. The zero-order chi connectivity index (χ0) is 15.7. The van der Waals surface area contributed by atoms with E-state index in [9.17, 15) is 4.79 Å². The fourth-order valence-electron chi connectivity index (χ4n) is 1.86. The smallest absolute Gasteiger partial charge is 0.244 e. The maximum Gasteiger partial charge on any atom is 0.244 e. The maximum absolute atomic E-state index is 11.7. The number of aromatic nitrogens is 2. The molecule has 1 rings (SSSR count). The van der Waals surface area contributed by atoms with E-state index in [-0.39, 0.29) is 5.91 Å². The van der Waals surface area contributed by atoms with Gasteiger partial charge in [-0.25, -0.2) is 0 Å². The van der Waals surface area contributed by atoms with Gasteiger partial charge in [0.2, 0.25) is 5.91 Å². The van der Waals surface area contributed by atoms with Gasteiger partial charge in [0.25, 0.3) is 0 Å². The van der Waals surface area contributed by atoms with Crippen molar-refractivity contribution >= 4 is 23.6 Å². The molecular formula is C15H24ClN3O2. The van der Waals surface area contributed by atoms with Gasteiger partial charge in [0, 0.05) is 38.4 Å². The van der Waals surface area contributed by atoms with Crippen molar-refractivity contribution in [3.63, 3.8) is 0 Å². The number of nitrogens with zero attached hydrogens (tertiary/aromatic N) is 2. The fourth-order valence-corrected chi connectivity index (χ4v) is 2.18. The van der Waals surface area contributed by atoms with Crippen LogP contribution in [0.1, 0.15) is 37.4 Å². The lowest BCUT2D eigenvalue weighted by atomic mass is 10.2. The first kappa shape index (κ1) is 17.7. The Morgan fingerprint density at radius 2 is 2.24 bits per heavy atom. The molecule has 0 saturated heterocycles. The number of unbranched alkanes of at least 4 members (excludes halogenated alkanes) is 1. The van der Waals surface area contributed by atoms with Crippen molar-refractivity contribution in [2.24, 2.45) is 0 Å². The van der Waals surface area contributed by atoms with Crippen LogP contribution < -0.4 is 5.32 Å². The number of carbonyl (C=O) groups excluding carboxylic acids is 1. The molecule has 1 aromatic heterocycles. The number of hydrogen-bond donors (Lipinski definition) is 1. The van der Waals surface area contributed by atoms with E-state index in [1.54, 1.807) is 17.9 Å². The van der Waals surface area contributed by atoms with E-state index < -0.39 is 0 Å². The highest BCUT2D eigenvalue weighted by atomic mass is 35.5. The van der Waals surface area contributed by atoms with Crippen LogP contribution in [0.2, 0.25) is 5.15 Å². The van der Waals surface area contributed by atoms with Gasteiger partial charge < -0.3 is 10.1 Å². The fraction of sp³-hybridized carbons (Fsp3) is 0.600. The van der Waals surface area contributed by atoms with Gasteiger partial charge in [-0.15, -0.1) is 0 Å². The summed E-state index contributed by atoms with van der Waals surface area (Å²) in [6, 6.07) is 0. The van der Waals surface area contributed by atoms with E-state index in [1.807, 2.05) is 6.92 Å².